The number of benzene rings is 2. The van der Waals surface area contributed by atoms with Crippen LogP contribution in [0, 0.1) is 13.8 Å². The number of aryl methyl sites for hydroxylation is 1. The minimum Gasteiger partial charge on any atom is -0.497 e. The highest BCUT2D eigenvalue weighted by Crippen LogP contribution is 2.36. The molecule has 2 rings (SSSR count). The SMILES string of the molecule is COc1cc(C)c(C(=O)O)c(OCc2c(C(=O)O)cc(OC)c(C)c2OC)c1. The summed E-state index contributed by atoms with van der Waals surface area (Å²) >= 11 is 0. The number of methoxy groups -OCH3 is 3. The Kier molecular flexibility index (Phi) is 6.35. The molecule has 0 aliphatic carbocycles. The van der Waals surface area contributed by atoms with E-state index < -0.39 is 11.9 Å². The molecule has 2 N–H and O–H groups in total. The van der Waals surface area contributed by atoms with E-state index in [1.54, 1.807) is 19.9 Å². The van der Waals surface area contributed by atoms with Crippen LogP contribution in [0.15, 0.2) is 18.2 Å². The van der Waals surface area contributed by atoms with Crippen molar-refractivity contribution in [2.24, 2.45) is 0 Å². The summed E-state index contributed by atoms with van der Waals surface area (Å²) in [6, 6.07) is 4.41. The molecular formula is C20H22O8. The molecular weight excluding hydrogens is 368 g/mol. The second-order valence-corrected chi connectivity index (χ2v) is 5.98. The lowest BCUT2D eigenvalue weighted by Crippen LogP contribution is -2.12. The first-order chi connectivity index (χ1) is 13.2. The van der Waals surface area contributed by atoms with E-state index in [0.717, 1.165) is 0 Å². The molecule has 28 heavy (non-hydrogen) atoms. The summed E-state index contributed by atoms with van der Waals surface area (Å²) in [6.07, 6.45) is 0. The van der Waals surface area contributed by atoms with Crippen molar-refractivity contribution in [2.45, 2.75) is 20.5 Å². The number of carbonyl (C=O) groups is 2. The van der Waals surface area contributed by atoms with E-state index in [2.05, 4.69) is 0 Å². The van der Waals surface area contributed by atoms with Crippen LogP contribution in [-0.2, 0) is 6.61 Å². The number of aromatic carboxylic acids is 2. The van der Waals surface area contributed by atoms with Crippen LogP contribution in [0.2, 0.25) is 0 Å². The summed E-state index contributed by atoms with van der Waals surface area (Å²) < 4.78 is 21.5. The van der Waals surface area contributed by atoms with E-state index >= 15 is 0 Å². The van der Waals surface area contributed by atoms with E-state index in [1.807, 2.05) is 0 Å². The molecule has 0 saturated heterocycles. The standard InChI is InChI=1S/C20H22O8/c1-10-6-12(25-3)7-16(17(10)20(23)24)28-9-14-13(19(21)22)8-15(26-4)11(2)18(14)27-5/h6-8H,9H2,1-5H3,(H,21,22)(H,23,24). The average molecular weight is 390 g/mol. The normalized spacial score (nSPS) is 10.3. The Morgan fingerprint density at radius 2 is 1.57 bits per heavy atom. The summed E-state index contributed by atoms with van der Waals surface area (Å²) in [5.41, 5.74) is 1.25. The number of rotatable bonds is 8. The zero-order valence-electron chi connectivity index (χ0n) is 16.3. The van der Waals surface area contributed by atoms with Crippen LogP contribution in [0.4, 0.5) is 0 Å². The van der Waals surface area contributed by atoms with Gasteiger partial charge < -0.3 is 29.2 Å². The van der Waals surface area contributed by atoms with Gasteiger partial charge in [0.25, 0.3) is 0 Å². The molecule has 0 bridgehead atoms. The monoisotopic (exact) mass is 390 g/mol. The van der Waals surface area contributed by atoms with Gasteiger partial charge in [0.1, 0.15) is 35.2 Å². The third-order valence-corrected chi connectivity index (χ3v) is 4.33. The van der Waals surface area contributed by atoms with Gasteiger partial charge in [0.15, 0.2) is 0 Å². The summed E-state index contributed by atoms with van der Waals surface area (Å²) in [5.74, 6) is -1.19. The molecule has 0 saturated carbocycles. The maximum Gasteiger partial charge on any atom is 0.339 e. The second-order valence-electron chi connectivity index (χ2n) is 5.98. The third-order valence-electron chi connectivity index (χ3n) is 4.33. The first-order valence-electron chi connectivity index (χ1n) is 8.27. The topological polar surface area (TPSA) is 112 Å². The van der Waals surface area contributed by atoms with Crippen molar-refractivity contribution >= 4 is 11.9 Å². The molecule has 2 aromatic rings. The van der Waals surface area contributed by atoms with Crippen LogP contribution in [-0.4, -0.2) is 43.5 Å². The van der Waals surface area contributed by atoms with Crippen molar-refractivity contribution < 1.29 is 38.7 Å². The fourth-order valence-corrected chi connectivity index (χ4v) is 2.99. The van der Waals surface area contributed by atoms with Gasteiger partial charge in [-0.2, -0.15) is 0 Å². The number of hydrogen-bond donors (Lipinski definition) is 2. The lowest BCUT2D eigenvalue weighted by Gasteiger charge is -2.19. The molecule has 0 spiro atoms. The summed E-state index contributed by atoms with van der Waals surface area (Å²) in [7, 11) is 4.30. The highest BCUT2D eigenvalue weighted by Gasteiger charge is 2.23. The van der Waals surface area contributed by atoms with E-state index in [4.69, 9.17) is 18.9 Å². The van der Waals surface area contributed by atoms with Crippen molar-refractivity contribution in [2.75, 3.05) is 21.3 Å². The third kappa shape index (κ3) is 3.95. The quantitative estimate of drug-likeness (QED) is 0.706. The molecule has 8 heteroatoms. The van der Waals surface area contributed by atoms with Gasteiger partial charge >= 0.3 is 11.9 Å². The lowest BCUT2D eigenvalue weighted by atomic mass is 10.0. The molecule has 0 aliphatic rings. The number of hydrogen-bond acceptors (Lipinski definition) is 6. The smallest absolute Gasteiger partial charge is 0.339 e. The summed E-state index contributed by atoms with van der Waals surface area (Å²) in [6.45, 7) is 3.13. The van der Waals surface area contributed by atoms with Gasteiger partial charge in [-0.3, -0.25) is 0 Å². The highest BCUT2D eigenvalue weighted by molar-refractivity contribution is 5.93. The first kappa shape index (κ1) is 20.9. The highest BCUT2D eigenvalue weighted by atomic mass is 16.5. The fourth-order valence-electron chi connectivity index (χ4n) is 2.99. The van der Waals surface area contributed by atoms with Crippen molar-refractivity contribution in [3.05, 3.63) is 46.0 Å². The van der Waals surface area contributed by atoms with E-state index in [-0.39, 0.29) is 29.0 Å². The van der Waals surface area contributed by atoms with Crippen LogP contribution in [0.1, 0.15) is 37.4 Å². The van der Waals surface area contributed by atoms with Crippen LogP contribution in [0.5, 0.6) is 23.0 Å². The number of carboxylic acids is 2. The zero-order chi connectivity index (χ0) is 21.0. The maximum absolute atomic E-state index is 11.7. The molecule has 0 atom stereocenters. The van der Waals surface area contributed by atoms with Crippen molar-refractivity contribution in [1.29, 1.82) is 0 Å². The Morgan fingerprint density at radius 1 is 0.893 bits per heavy atom. The molecule has 2 aromatic carbocycles. The predicted octanol–water partition coefficient (Wildman–Crippen LogP) is 3.30. The van der Waals surface area contributed by atoms with Gasteiger partial charge in [-0.05, 0) is 31.5 Å². The molecule has 8 nitrogen and oxygen atoms in total. The molecule has 0 aliphatic heterocycles. The van der Waals surface area contributed by atoms with Crippen molar-refractivity contribution in [3.8, 4) is 23.0 Å². The Balaban J connectivity index is 2.56. The molecule has 0 unspecified atom stereocenters. The summed E-state index contributed by atoms with van der Waals surface area (Å²) in [5, 5.41) is 19.1. The van der Waals surface area contributed by atoms with Gasteiger partial charge in [0.05, 0.1) is 26.9 Å². The maximum atomic E-state index is 11.7. The predicted molar refractivity (Wildman–Crippen MR) is 100 cm³/mol. The van der Waals surface area contributed by atoms with Crippen molar-refractivity contribution in [3.63, 3.8) is 0 Å². The Morgan fingerprint density at radius 3 is 2.07 bits per heavy atom. The Bertz CT molecular complexity index is 917. The largest absolute Gasteiger partial charge is 0.497 e. The first-order valence-corrected chi connectivity index (χ1v) is 8.27. The van der Waals surface area contributed by atoms with Gasteiger partial charge in [-0.1, -0.05) is 0 Å². The molecule has 0 heterocycles. The van der Waals surface area contributed by atoms with Crippen molar-refractivity contribution in [1.82, 2.24) is 0 Å². The number of carboxylic acid groups (broad SMARTS) is 2. The Labute approximate surface area is 162 Å². The van der Waals surface area contributed by atoms with Crippen LogP contribution >= 0.6 is 0 Å². The fraction of sp³-hybridized carbons (Fsp3) is 0.300. The number of ether oxygens (including phenoxy) is 4. The zero-order valence-corrected chi connectivity index (χ0v) is 16.3. The molecule has 0 amide bonds. The van der Waals surface area contributed by atoms with E-state index in [9.17, 15) is 19.8 Å². The van der Waals surface area contributed by atoms with E-state index in [1.165, 1.54) is 33.5 Å². The molecule has 0 radical (unpaired) electrons. The van der Waals surface area contributed by atoms with Gasteiger partial charge in [0, 0.05) is 17.2 Å². The van der Waals surface area contributed by atoms with Gasteiger partial charge in [0.2, 0.25) is 0 Å². The van der Waals surface area contributed by atoms with Crippen LogP contribution in [0.3, 0.4) is 0 Å². The molecule has 0 aromatic heterocycles. The summed E-state index contributed by atoms with van der Waals surface area (Å²) in [4.78, 5) is 23.4. The molecule has 150 valence electrons. The minimum atomic E-state index is -1.18. The van der Waals surface area contributed by atoms with E-state index in [0.29, 0.717) is 28.4 Å². The average Bonchev–Trinajstić information content (AvgIpc) is 2.64. The van der Waals surface area contributed by atoms with Gasteiger partial charge in [-0.15, -0.1) is 0 Å². The lowest BCUT2D eigenvalue weighted by molar-refractivity contribution is 0.0677. The second kappa shape index (κ2) is 8.51. The Hall–Kier alpha value is -3.42. The van der Waals surface area contributed by atoms with Gasteiger partial charge in [-0.25, -0.2) is 9.59 Å². The van der Waals surface area contributed by atoms with Crippen LogP contribution < -0.4 is 18.9 Å². The van der Waals surface area contributed by atoms with Crippen LogP contribution in [0.25, 0.3) is 0 Å². The molecule has 0 fully saturated rings. The minimum absolute atomic E-state index is 0.0260.